The van der Waals surface area contributed by atoms with Crippen molar-refractivity contribution in [1.29, 1.82) is 0 Å². The molecular weight excluding hydrogens is 514 g/mol. The van der Waals surface area contributed by atoms with Crippen LogP contribution in [0.4, 0.5) is 0 Å². The van der Waals surface area contributed by atoms with Crippen molar-refractivity contribution in [2.24, 2.45) is 23.7 Å². The van der Waals surface area contributed by atoms with Gasteiger partial charge in [0.2, 0.25) is 0 Å². The van der Waals surface area contributed by atoms with E-state index in [1.165, 1.54) is 16.7 Å². The van der Waals surface area contributed by atoms with Crippen LogP contribution < -0.4 is 0 Å². The van der Waals surface area contributed by atoms with Crippen LogP contribution in [0.1, 0.15) is 77.6 Å². The number of phenols is 1. The van der Waals surface area contributed by atoms with E-state index in [9.17, 15) is 5.11 Å². The Morgan fingerprint density at radius 1 is 0.524 bits per heavy atom. The molecule has 0 aliphatic rings. The Morgan fingerprint density at radius 2 is 0.929 bits per heavy atom. The number of benzene rings is 4. The topological polar surface area (TPSA) is 50.9 Å². The van der Waals surface area contributed by atoms with E-state index < -0.39 is 5.41 Å². The Labute approximate surface area is 251 Å². The molecule has 0 amide bonds. The smallest absolute Gasteiger partial charge is 0.147 e. The first kappa shape index (κ1) is 29.6. The summed E-state index contributed by atoms with van der Waals surface area (Å²) in [6.45, 7) is 18.3. The standard InChI is InChI=1S/C38H45N3O/c1-25(2)37(26(3)4,29-17-11-9-12-18-29)31-23-32(38(27(5)6,28(7)8)30-19-13-10-14-20-30)36(42)35(24-31)41-39-33-21-15-16-22-34(33)40-41/h9-28,42H,1-8H3. The normalized spacial score (nSPS) is 12.8. The van der Waals surface area contributed by atoms with Crippen LogP contribution in [-0.4, -0.2) is 20.1 Å². The predicted molar refractivity (Wildman–Crippen MR) is 174 cm³/mol. The van der Waals surface area contributed by atoms with Gasteiger partial charge in [-0.2, -0.15) is 0 Å². The van der Waals surface area contributed by atoms with Crippen molar-refractivity contribution in [2.45, 2.75) is 66.2 Å². The van der Waals surface area contributed by atoms with Crippen LogP contribution in [0.2, 0.25) is 0 Å². The molecule has 42 heavy (non-hydrogen) atoms. The number of aromatic nitrogens is 3. The van der Waals surface area contributed by atoms with Crippen molar-refractivity contribution < 1.29 is 5.11 Å². The summed E-state index contributed by atoms with van der Waals surface area (Å²) in [6.07, 6.45) is 0. The molecule has 0 spiro atoms. The molecule has 0 saturated carbocycles. The lowest BCUT2D eigenvalue weighted by molar-refractivity contribution is 0.256. The van der Waals surface area contributed by atoms with Crippen LogP contribution in [0.15, 0.2) is 97.1 Å². The van der Waals surface area contributed by atoms with Gasteiger partial charge in [0.15, 0.2) is 0 Å². The number of aromatic hydroxyl groups is 1. The largest absolute Gasteiger partial charge is 0.505 e. The van der Waals surface area contributed by atoms with Gasteiger partial charge in [-0.15, -0.1) is 15.0 Å². The monoisotopic (exact) mass is 559 g/mol. The molecule has 4 nitrogen and oxygen atoms in total. The minimum Gasteiger partial charge on any atom is -0.505 e. The van der Waals surface area contributed by atoms with Gasteiger partial charge in [-0.3, -0.25) is 0 Å². The molecule has 0 bridgehead atoms. The second-order valence-electron chi connectivity index (χ2n) is 13.0. The van der Waals surface area contributed by atoms with E-state index in [0.29, 0.717) is 5.69 Å². The minimum absolute atomic E-state index is 0.197. The van der Waals surface area contributed by atoms with E-state index in [-0.39, 0.29) is 34.8 Å². The molecule has 0 aliphatic carbocycles. The third-order valence-corrected chi connectivity index (χ3v) is 9.66. The maximum absolute atomic E-state index is 12.4. The number of rotatable bonds is 9. The molecule has 1 N–H and O–H groups in total. The van der Waals surface area contributed by atoms with Crippen molar-refractivity contribution in [1.82, 2.24) is 15.0 Å². The first-order valence-corrected chi connectivity index (χ1v) is 15.4. The summed E-state index contributed by atoms with van der Waals surface area (Å²) in [7, 11) is 0. The highest BCUT2D eigenvalue weighted by Crippen LogP contribution is 2.53. The molecule has 5 aromatic rings. The molecule has 5 rings (SSSR count). The Hall–Kier alpha value is -3.92. The molecule has 0 atom stereocenters. The summed E-state index contributed by atoms with van der Waals surface area (Å²) < 4.78 is 0. The van der Waals surface area contributed by atoms with Gasteiger partial charge >= 0.3 is 0 Å². The molecule has 0 unspecified atom stereocenters. The van der Waals surface area contributed by atoms with Gasteiger partial charge in [-0.05, 0) is 58.6 Å². The summed E-state index contributed by atoms with van der Waals surface area (Å²) in [5.74, 6) is 1.18. The van der Waals surface area contributed by atoms with Crippen LogP contribution in [0.25, 0.3) is 16.7 Å². The van der Waals surface area contributed by atoms with Crippen LogP contribution in [-0.2, 0) is 10.8 Å². The van der Waals surface area contributed by atoms with Crippen molar-refractivity contribution in [3.63, 3.8) is 0 Å². The van der Waals surface area contributed by atoms with Crippen LogP contribution in [0, 0.1) is 23.7 Å². The average Bonchev–Trinajstić information content (AvgIpc) is 3.40. The zero-order chi connectivity index (χ0) is 30.2. The van der Waals surface area contributed by atoms with Crippen molar-refractivity contribution in [3.05, 3.63) is 119 Å². The quantitative estimate of drug-likeness (QED) is 0.196. The number of phenolic OH excluding ortho intramolecular Hbond substituents is 1. The second-order valence-corrected chi connectivity index (χ2v) is 13.0. The summed E-state index contributed by atoms with van der Waals surface area (Å²) >= 11 is 0. The first-order valence-electron chi connectivity index (χ1n) is 15.4. The molecular formula is C38H45N3O. The van der Waals surface area contributed by atoms with Gasteiger partial charge in [-0.25, -0.2) is 0 Å². The van der Waals surface area contributed by atoms with E-state index in [1.54, 1.807) is 4.80 Å². The van der Waals surface area contributed by atoms with Crippen molar-refractivity contribution >= 4 is 11.0 Å². The third-order valence-electron chi connectivity index (χ3n) is 9.66. The van der Waals surface area contributed by atoms with E-state index in [1.807, 2.05) is 24.3 Å². The second kappa shape index (κ2) is 11.4. The fourth-order valence-corrected chi connectivity index (χ4v) is 8.00. The molecule has 0 aliphatic heterocycles. The average molecular weight is 560 g/mol. The first-order chi connectivity index (χ1) is 20.1. The van der Waals surface area contributed by atoms with Gasteiger partial charge in [0, 0.05) is 16.4 Å². The van der Waals surface area contributed by atoms with Crippen LogP contribution in [0.5, 0.6) is 5.75 Å². The predicted octanol–water partition coefficient (Wildman–Crippen LogP) is 9.32. The zero-order valence-electron chi connectivity index (χ0n) is 26.3. The van der Waals surface area contributed by atoms with Crippen LogP contribution in [0.3, 0.4) is 0 Å². The lowest BCUT2D eigenvalue weighted by Gasteiger charge is -2.46. The summed E-state index contributed by atoms with van der Waals surface area (Å²) in [4.78, 5) is 1.64. The highest BCUT2D eigenvalue weighted by molar-refractivity contribution is 5.74. The SMILES string of the molecule is CC(C)C(c1ccccc1)(c1cc(-n2nc3ccccc3n2)c(O)c(C(c2ccccc2)(C(C)C)C(C)C)c1)C(C)C. The molecule has 1 aromatic heterocycles. The molecule has 4 aromatic carbocycles. The van der Waals surface area contributed by atoms with Gasteiger partial charge in [0.25, 0.3) is 0 Å². The van der Waals surface area contributed by atoms with E-state index in [4.69, 9.17) is 10.2 Å². The van der Waals surface area contributed by atoms with Gasteiger partial charge in [0.1, 0.15) is 22.5 Å². The number of hydrogen-bond acceptors (Lipinski definition) is 3. The van der Waals surface area contributed by atoms with E-state index in [2.05, 4.69) is 128 Å². The Kier molecular flexibility index (Phi) is 8.02. The highest BCUT2D eigenvalue weighted by atomic mass is 16.3. The van der Waals surface area contributed by atoms with Gasteiger partial charge in [-0.1, -0.05) is 134 Å². The maximum atomic E-state index is 12.4. The minimum atomic E-state index is -0.459. The molecule has 4 heteroatoms. The Morgan fingerprint density at radius 3 is 1.36 bits per heavy atom. The Bertz CT molecular complexity index is 1600. The van der Waals surface area contributed by atoms with E-state index >= 15 is 0 Å². The lowest BCUT2D eigenvalue weighted by Crippen LogP contribution is -2.42. The number of hydrogen-bond donors (Lipinski definition) is 1. The molecule has 0 saturated heterocycles. The molecule has 0 fully saturated rings. The highest BCUT2D eigenvalue weighted by Gasteiger charge is 2.46. The zero-order valence-corrected chi connectivity index (χ0v) is 26.3. The lowest BCUT2D eigenvalue weighted by atomic mass is 9.57. The van der Waals surface area contributed by atoms with Crippen LogP contribution >= 0.6 is 0 Å². The maximum Gasteiger partial charge on any atom is 0.147 e. The molecule has 218 valence electrons. The fraction of sp³-hybridized carbons (Fsp3) is 0.368. The van der Waals surface area contributed by atoms with Gasteiger partial charge < -0.3 is 5.11 Å². The van der Waals surface area contributed by atoms with Crippen molar-refractivity contribution in [3.8, 4) is 11.4 Å². The molecule has 1 heterocycles. The number of nitrogens with zero attached hydrogens (tertiary/aromatic N) is 3. The molecule has 0 radical (unpaired) electrons. The fourth-order valence-electron chi connectivity index (χ4n) is 8.00. The number of fused-ring (bicyclic) bond motifs is 1. The summed E-state index contributed by atoms with van der Waals surface area (Å²) in [5.41, 5.74) is 6.00. The van der Waals surface area contributed by atoms with E-state index in [0.717, 1.165) is 16.6 Å². The summed E-state index contributed by atoms with van der Waals surface area (Å²) in [6, 6.07) is 33.9. The van der Waals surface area contributed by atoms with Crippen molar-refractivity contribution in [2.75, 3.05) is 0 Å². The van der Waals surface area contributed by atoms with Gasteiger partial charge in [0.05, 0.1) is 0 Å². The third kappa shape index (κ3) is 4.52. The Balaban J connectivity index is 1.96. The summed E-state index contributed by atoms with van der Waals surface area (Å²) in [5, 5.41) is 22.1.